The molecule has 0 amide bonds. The smallest absolute Gasteiger partial charge is 0.378 e. The van der Waals surface area contributed by atoms with E-state index in [1.54, 1.807) is 0 Å². The first kappa shape index (κ1) is 21.9. The van der Waals surface area contributed by atoms with E-state index in [9.17, 15) is 22.0 Å². The number of sulfonamides is 1. The second-order valence-corrected chi connectivity index (χ2v) is 8.22. The molecule has 0 saturated carbocycles. The molecule has 1 unspecified atom stereocenters. The maximum absolute atomic E-state index is 13.8. The molecule has 0 saturated heterocycles. The molecule has 11 heteroatoms. The van der Waals surface area contributed by atoms with Crippen LogP contribution in [0.15, 0.2) is 52.3 Å². The summed E-state index contributed by atoms with van der Waals surface area (Å²) in [5, 5.41) is 8.42. The fraction of sp³-hybridized carbons (Fsp3) is 0.235. The van der Waals surface area contributed by atoms with Gasteiger partial charge in [-0.05, 0) is 42.5 Å². The normalized spacial score (nSPS) is 12.4. The standard InChI is InChI=1S/C17H17F2NO6S2/c1-25-11-2-5-13(6-3-11)28(23,24)20-8-9-27-12-4-7-15(14(18)10-12)26-16(19)17(21)22/h2-7,10,16,20H,8-9H2,1H3,(H,21,22). The number of hydrogen-bond donors (Lipinski definition) is 2. The number of ether oxygens (including phenoxy) is 2. The second-order valence-electron chi connectivity index (χ2n) is 5.29. The molecule has 1 atom stereocenters. The lowest BCUT2D eigenvalue weighted by Gasteiger charge is -2.10. The number of carbonyl (C=O) groups is 1. The first-order valence-corrected chi connectivity index (χ1v) is 10.3. The van der Waals surface area contributed by atoms with Crippen LogP contribution in [0.3, 0.4) is 0 Å². The molecule has 0 bridgehead atoms. The van der Waals surface area contributed by atoms with Gasteiger partial charge in [0.15, 0.2) is 11.6 Å². The number of aliphatic carboxylic acids is 1. The fourth-order valence-electron chi connectivity index (χ4n) is 2.01. The minimum atomic E-state index is -3.69. The highest BCUT2D eigenvalue weighted by Crippen LogP contribution is 2.26. The molecule has 0 spiro atoms. The molecule has 0 aliphatic rings. The average Bonchev–Trinajstić information content (AvgIpc) is 2.67. The van der Waals surface area contributed by atoms with Crippen molar-refractivity contribution < 1.29 is 36.6 Å². The topological polar surface area (TPSA) is 102 Å². The molecular formula is C17H17F2NO6S2. The van der Waals surface area contributed by atoms with E-state index in [1.807, 2.05) is 0 Å². The van der Waals surface area contributed by atoms with Gasteiger partial charge in [-0.3, -0.25) is 0 Å². The molecule has 152 valence electrons. The zero-order valence-electron chi connectivity index (χ0n) is 14.6. The van der Waals surface area contributed by atoms with Crippen LogP contribution in [0.4, 0.5) is 8.78 Å². The highest BCUT2D eigenvalue weighted by atomic mass is 32.2. The number of alkyl halides is 1. The number of methoxy groups -OCH3 is 1. The Hall–Kier alpha value is -2.37. The van der Waals surface area contributed by atoms with Gasteiger partial charge in [0.05, 0.1) is 12.0 Å². The lowest BCUT2D eigenvalue weighted by molar-refractivity contribution is -0.153. The van der Waals surface area contributed by atoms with Gasteiger partial charge in [0.25, 0.3) is 0 Å². The van der Waals surface area contributed by atoms with Gasteiger partial charge >= 0.3 is 12.3 Å². The van der Waals surface area contributed by atoms with Crippen LogP contribution in [0, 0.1) is 5.82 Å². The monoisotopic (exact) mass is 433 g/mol. The second kappa shape index (κ2) is 9.71. The van der Waals surface area contributed by atoms with E-state index < -0.39 is 33.9 Å². The Labute approximate surface area is 164 Å². The van der Waals surface area contributed by atoms with Crippen molar-refractivity contribution >= 4 is 27.8 Å². The number of thioether (sulfide) groups is 1. The number of rotatable bonds is 10. The summed E-state index contributed by atoms with van der Waals surface area (Å²) in [6.45, 7) is 0.0878. The van der Waals surface area contributed by atoms with Gasteiger partial charge in [-0.25, -0.2) is 22.3 Å². The molecule has 0 radical (unpaired) electrons. The molecule has 0 aliphatic carbocycles. The molecule has 2 aromatic rings. The third kappa shape index (κ3) is 6.08. The summed E-state index contributed by atoms with van der Waals surface area (Å²) in [5.41, 5.74) is 0. The first-order valence-electron chi connectivity index (χ1n) is 7.82. The Morgan fingerprint density at radius 1 is 1.25 bits per heavy atom. The third-order valence-electron chi connectivity index (χ3n) is 3.36. The summed E-state index contributed by atoms with van der Waals surface area (Å²) >= 11 is 1.16. The predicted octanol–water partition coefficient (Wildman–Crippen LogP) is 2.66. The quantitative estimate of drug-likeness (QED) is 0.439. The van der Waals surface area contributed by atoms with E-state index in [-0.39, 0.29) is 11.4 Å². The summed E-state index contributed by atoms with van der Waals surface area (Å²) in [7, 11) is -2.21. The number of carboxylic acid groups (broad SMARTS) is 1. The van der Waals surface area contributed by atoms with Crippen molar-refractivity contribution in [3.8, 4) is 11.5 Å². The molecule has 0 aliphatic heterocycles. The summed E-state index contributed by atoms with van der Waals surface area (Å²) in [6.07, 6.45) is -2.67. The third-order valence-corrected chi connectivity index (χ3v) is 5.83. The SMILES string of the molecule is COc1ccc(S(=O)(=O)NCCSc2ccc(OC(F)C(=O)O)c(F)c2)cc1. The fourth-order valence-corrected chi connectivity index (χ4v) is 3.96. The van der Waals surface area contributed by atoms with Gasteiger partial charge in [-0.1, -0.05) is 0 Å². The minimum Gasteiger partial charge on any atom is -0.497 e. The van der Waals surface area contributed by atoms with Crippen LogP contribution in [0.1, 0.15) is 0 Å². The molecule has 2 aromatic carbocycles. The van der Waals surface area contributed by atoms with Crippen molar-refractivity contribution in [2.75, 3.05) is 19.4 Å². The van der Waals surface area contributed by atoms with Gasteiger partial charge in [-0.2, -0.15) is 4.39 Å². The molecule has 2 N–H and O–H groups in total. The van der Waals surface area contributed by atoms with Crippen molar-refractivity contribution in [2.45, 2.75) is 16.1 Å². The number of halogens is 2. The highest BCUT2D eigenvalue weighted by Gasteiger charge is 2.19. The Morgan fingerprint density at radius 3 is 2.50 bits per heavy atom. The largest absolute Gasteiger partial charge is 0.497 e. The number of hydrogen-bond acceptors (Lipinski definition) is 6. The van der Waals surface area contributed by atoms with E-state index in [0.29, 0.717) is 16.4 Å². The molecule has 7 nitrogen and oxygen atoms in total. The van der Waals surface area contributed by atoms with Crippen LogP contribution >= 0.6 is 11.8 Å². The Bertz CT molecular complexity index is 922. The lowest BCUT2D eigenvalue weighted by Crippen LogP contribution is -2.26. The highest BCUT2D eigenvalue weighted by molar-refractivity contribution is 7.99. The summed E-state index contributed by atoms with van der Waals surface area (Å²) < 4.78 is 62.9. The van der Waals surface area contributed by atoms with Crippen LogP contribution in [0.2, 0.25) is 0 Å². The first-order chi connectivity index (χ1) is 13.2. The molecule has 0 fully saturated rings. The van der Waals surface area contributed by atoms with E-state index in [1.165, 1.54) is 37.4 Å². The molecule has 28 heavy (non-hydrogen) atoms. The van der Waals surface area contributed by atoms with Crippen molar-refractivity contribution in [1.82, 2.24) is 4.72 Å². The van der Waals surface area contributed by atoms with E-state index in [4.69, 9.17) is 9.84 Å². The zero-order chi connectivity index (χ0) is 20.7. The van der Waals surface area contributed by atoms with Crippen LogP contribution < -0.4 is 14.2 Å². The van der Waals surface area contributed by atoms with Crippen LogP contribution in [-0.2, 0) is 14.8 Å². The van der Waals surface area contributed by atoms with E-state index in [2.05, 4.69) is 9.46 Å². The van der Waals surface area contributed by atoms with E-state index in [0.717, 1.165) is 23.9 Å². The Morgan fingerprint density at radius 2 is 1.93 bits per heavy atom. The van der Waals surface area contributed by atoms with Crippen molar-refractivity contribution in [3.05, 3.63) is 48.3 Å². The Balaban J connectivity index is 1.87. The van der Waals surface area contributed by atoms with Crippen molar-refractivity contribution in [1.29, 1.82) is 0 Å². The van der Waals surface area contributed by atoms with Gasteiger partial charge in [-0.15, -0.1) is 11.8 Å². The van der Waals surface area contributed by atoms with E-state index >= 15 is 0 Å². The van der Waals surface area contributed by atoms with Crippen LogP contribution in [0.25, 0.3) is 0 Å². The maximum Gasteiger partial charge on any atom is 0.378 e. The molecular weight excluding hydrogens is 416 g/mol. The number of benzene rings is 2. The average molecular weight is 433 g/mol. The lowest BCUT2D eigenvalue weighted by atomic mass is 10.3. The molecule has 2 rings (SSSR count). The van der Waals surface area contributed by atoms with Crippen molar-refractivity contribution in [3.63, 3.8) is 0 Å². The van der Waals surface area contributed by atoms with Crippen LogP contribution in [0.5, 0.6) is 11.5 Å². The molecule has 0 aromatic heterocycles. The minimum absolute atomic E-state index is 0.0878. The summed E-state index contributed by atoms with van der Waals surface area (Å²) in [5.74, 6) is -2.48. The summed E-state index contributed by atoms with van der Waals surface area (Å²) in [6, 6.07) is 9.45. The van der Waals surface area contributed by atoms with Gasteiger partial charge in [0.1, 0.15) is 5.75 Å². The zero-order valence-corrected chi connectivity index (χ0v) is 16.2. The summed E-state index contributed by atoms with van der Waals surface area (Å²) in [4.78, 5) is 10.9. The van der Waals surface area contributed by atoms with Crippen LogP contribution in [-0.4, -0.2) is 45.3 Å². The molecule has 0 heterocycles. The Kier molecular flexibility index (Phi) is 7.61. The predicted molar refractivity (Wildman–Crippen MR) is 98.5 cm³/mol. The maximum atomic E-state index is 13.8. The van der Waals surface area contributed by atoms with Gasteiger partial charge in [0, 0.05) is 17.2 Å². The number of nitrogens with one attached hydrogen (secondary N) is 1. The number of carboxylic acids is 1. The van der Waals surface area contributed by atoms with Gasteiger partial charge in [0.2, 0.25) is 10.0 Å². The van der Waals surface area contributed by atoms with Gasteiger partial charge < -0.3 is 14.6 Å². The van der Waals surface area contributed by atoms with Crippen molar-refractivity contribution in [2.24, 2.45) is 0 Å².